The number of benzene rings is 1. The monoisotopic (exact) mass is 257 g/mol. The second-order valence-corrected chi connectivity index (χ2v) is 5.54. The summed E-state index contributed by atoms with van der Waals surface area (Å²) in [5.41, 5.74) is 0.414. The average Bonchev–Trinajstić information content (AvgIpc) is 2.54. The molecule has 0 amide bonds. The molecule has 0 saturated heterocycles. The number of halogens is 1. The Morgan fingerprint density at radius 2 is 2.00 bits per heavy atom. The van der Waals surface area contributed by atoms with Gasteiger partial charge in [0.2, 0.25) is 9.84 Å². The lowest BCUT2D eigenvalue weighted by atomic mass is 10.2. The Bertz CT molecular complexity index is 590. The highest BCUT2D eigenvalue weighted by molar-refractivity contribution is 8.11. The summed E-state index contributed by atoms with van der Waals surface area (Å²) in [7, 11) is -2.19. The first-order valence-electron chi connectivity index (χ1n) is 4.39. The van der Waals surface area contributed by atoms with Crippen LogP contribution in [0, 0.1) is 0 Å². The molecule has 0 fully saturated rings. The van der Waals surface area contributed by atoms with Crippen LogP contribution in [0.4, 0.5) is 0 Å². The molecule has 1 aromatic carbocycles. The van der Waals surface area contributed by atoms with Crippen LogP contribution < -0.4 is 4.74 Å². The SMILES string of the molecule is COc1ccccc1C1=NC=C(Cl)S1(=O)=O. The van der Waals surface area contributed by atoms with Gasteiger partial charge < -0.3 is 4.74 Å². The van der Waals surface area contributed by atoms with E-state index in [9.17, 15) is 8.42 Å². The predicted octanol–water partition coefficient (Wildman–Crippen LogP) is 1.91. The minimum atomic E-state index is -3.65. The zero-order valence-electron chi connectivity index (χ0n) is 8.34. The molecule has 84 valence electrons. The molecule has 2 rings (SSSR count). The number of nitrogens with zero attached hydrogens (tertiary/aromatic N) is 1. The number of ether oxygens (including phenoxy) is 1. The van der Waals surface area contributed by atoms with Crippen molar-refractivity contribution >= 4 is 26.5 Å². The fourth-order valence-corrected chi connectivity index (χ4v) is 2.67. The van der Waals surface area contributed by atoms with Gasteiger partial charge in [-0.15, -0.1) is 0 Å². The van der Waals surface area contributed by atoms with Crippen LogP contribution in [0.5, 0.6) is 5.75 Å². The molecule has 0 unspecified atom stereocenters. The number of sulfone groups is 1. The molecular weight excluding hydrogens is 250 g/mol. The first-order chi connectivity index (χ1) is 7.57. The number of hydrogen-bond donors (Lipinski definition) is 0. The first kappa shape index (κ1) is 11.2. The molecule has 1 aliphatic heterocycles. The van der Waals surface area contributed by atoms with Crippen LogP contribution in [-0.2, 0) is 9.84 Å². The molecule has 0 bridgehead atoms. The molecule has 0 N–H and O–H groups in total. The minimum absolute atomic E-state index is 0.0741. The van der Waals surface area contributed by atoms with Gasteiger partial charge in [0.15, 0.2) is 9.41 Å². The summed E-state index contributed by atoms with van der Waals surface area (Å²) in [5.74, 6) is 0.449. The Morgan fingerprint density at radius 3 is 2.56 bits per heavy atom. The van der Waals surface area contributed by atoms with Gasteiger partial charge in [0.25, 0.3) is 0 Å². The maximum absolute atomic E-state index is 11.8. The van der Waals surface area contributed by atoms with Gasteiger partial charge in [-0.25, -0.2) is 13.4 Å². The van der Waals surface area contributed by atoms with E-state index in [1.807, 2.05) is 0 Å². The Hall–Kier alpha value is -1.33. The molecule has 0 aromatic heterocycles. The van der Waals surface area contributed by atoms with Crippen molar-refractivity contribution in [3.63, 3.8) is 0 Å². The Kier molecular flexibility index (Phi) is 2.73. The summed E-state index contributed by atoms with van der Waals surface area (Å²) in [6, 6.07) is 6.75. The molecule has 6 heteroatoms. The van der Waals surface area contributed by atoms with E-state index in [0.717, 1.165) is 6.20 Å². The smallest absolute Gasteiger partial charge is 0.236 e. The summed E-state index contributed by atoms with van der Waals surface area (Å²) < 4.78 is 28.4. The van der Waals surface area contributed by atoms with Crippen molar-refractivity contribution in [1.82, 2.24) is 0 Å². The van der Waals surface area contributed by atoms with Crippen LogP contribution in [0.2, 0.25) is 0 Å². The second-order valence-electron chi connectivity index (χ2n) is 3.07. The van der Waals surface area contributed by atoms with Crippen LogP contribution in [-0.4, -0.2) is 20.6 Å². The number of hydrogen-bond acceptors (Lipinski definition) is 4. The molecular formula is C10H8ClNO3S. The van der Waals surface area contributed by atoms with Gasteiger partial charge in [-0.05, 0) is 12.1 Å². The third-order valence-electron chi connectivity index (χ3n) is 2.13. The van der Waals surface area contributed by atoms with Gasteiger partial charge in [-0.1, -0.05) is 23.7 Å². The van der Waals surface area contributed by atoms with Crippen molar-refractivity contribution in [2.75, 3.05) is 7.11 Å². The average molecular weight is 258 g/mol. The van der Waals surface area contributed by atoms with Crippen LogP contribution in [0.15, 0.2) is 39.8 Å². The van der Waals surface area contributed by atoms with Gasteiger partial charge in [0.05, 0.1) is 18.9 Å². The lowest BCUT2D eigenvalue weighted by Crippen LogP contribution is -2.13. The fraction of sp³-hybridized carbons (Fsp3) is 0.100. The maximum atomic E-state index is 11.8. The third-order valence-corrected chi connectivity index (χ3v) is 4.29. The van der Waals surface area contributed by atoms with Crippen LogP contribution in [0.25, 0.3) is 0 Å². The normalized spacial score (nSPS) is 17.9. The molecule has 1 aromatic rings. The second kappa shape index (κ2) is 3.92. The molecule has 1 aliphatic rings. The predicted molar refractivity (Wildman–Crippen MR) is 62.4 cm³/mol. The highest BCUT2D eigenvalue weighted by Gasteiger charge is 2.31. The molecule has 0 saturated carbocycles. The molecule has 0 aliphatic carbocycles. The molecule has 16 heavy (non-hydrogen) atoms. The van der Waals surface area contributed by atoms with Crippen LogP contribution in [0.3, 0.4) is 0 Å². The topological polar surface area (TPSA) is 55.7 Å². The largest absolute Gasteiger partial charge is 0.496 e. The van der Waals surface area contributed by atoms with Crippen molar-refractivity contribution in [2.24, 2.45) is 4.99 Å². The number of aliphatic imine (C=N–C) groups is 1. The first-order valence-corrected chi connectivity index (χ1v) is 6.25. The highest BCUT2D eigenvalue weighted by Crippen LogP contribution is 2.29. The maximum Gasteiger partial charge on any atom is 0.236 e. The van der Waals surface area contributed by atoms with Crippen molar-refractivity contribution in [3.05, 3.63) is 40.4 Å². The van der Waals surface area contributed by atoms with Gasteiger partial charge in [0.1, 0.15) is 5.75 Å². The molecule has 4 nitrogen and oxygen atoms in total. The fourth-order valence-electron chi connectivity index (χ4n) is 1.38. The number of methoxy groups -OCH3 is 1. The minimum Gasteiger partial charge on any atom is -0.496 e. The van der Waals surface area contributed by atoms with Crippen molar-refractivity contribution in [1.29, 1.82) is 0 Å². The summed E-state index contributed by atoms with van der Waals surface area (Å²) in [6.07, 6.45) is 1.12. The van der Waals surface area contributed by atoms with E-state index >= 15 is 0 Å². The Balaban J connectivity index is 2.57. The van der Waals surface area contributed by atoms with E-state index in [2.05, 4.69) is 4.99 Å². The lowest BCUT2D eigenvalue weighted by molar-refractivity contribution is 0.414. The van der Waals surface area contributed by atoms with Crippen molar-refractivity contribution < 1.29 is 13.2 Å². The highest BCUT2D eigenvalue weighted by atomic mass is 35.5. The Labute approximate surface area is 98.1 Å². The van der Waals surface area contributed by atoms with E-state index in [1.165, 1.54) is 7.11 Å². The van der Waals surface area contributed by atoms with E-state index in [-0.39, 0.29) is 9.41 Å². The molecule has 1 heterocycles. The molecule has 0 spiro atoms. The van der Waals surface area contributed by atoms with E-state index < -0.39 is 9.84 Å². The number of para-hydroxylation sites is 1. The van der Waals surface area contributed by atoms with Crippen molar-refractivity contribution in [2.45, 2.75) is 0 Å². The zero-order valence-corrected chi connectivity index (χ0v) is 9.92. The van der Waals surface area contributed by atoms with Crippen LogP contribution >= 0.6 is 11.6 Å². The van der Waals surface area contributed by atoms with E-state index in [4.69, 9.17) is 16.3 Å². The van der Waals surface area contributed by atoms with Gasteiger partial charge >= 0.3 is 0 Å². The molecule has 0 atom stereocenters. The third kappa shape index (κ3) is 1.62. The zero-order chi connectivity index (χ0) is 11.8. The van der Waals surface area contributed by atoms with Crippen LogP contribution in [0.1, 0.15) is 5.56 Å². The number of rotatable bonds is 2. The summed E-state index contributed by atoms with van der Waals surface area (Å²) >= 11 is 5.56. The lowest BCUT2D eigenvalue weighted by Gasteiger charge is -2.07. The summed E-state index contributed by atoms with van der Waals surface area (Å²) in [6.45, 7) is 0. The Morgan fingerprint density at radius 1 is 1.31 bits per heavy atom. The van der Waals surface area contributed by atoms with Crippen molar-refractivity contribution in [3.8, 4) is 5.75 Å². The summed E-state index contributed by atoms with van der Waals surface area (Å²) in [4.78, 5) is 3.80. The molecule has 0 radical (unpaired) electrons. The standard InChI is InChI=1S/C10H8ClNO3S/c1-15-8-5-3-2-4-7(8)10-12-6-9(11)16(10,13)14/h2-6H,1H3. The quantitative estimate of drug-likeness (QED) is 0.813. The summed E-state index contributed by atoms with van der Waals surface area (Å²) in [5, 5.41) is -0.0741. The van der Waals surface area contributed by atoms with Gasteiger partial charge in [-0.3, -0.25) is 0 Å². The van der Waals surface area contributed by atoms with Gasteiger partial charge in [0, 0.05) is 0 Å². The van der Waals surface area contributed by atoms with Gasteiger partial charge in [-0.2, -0.15) is 0 Å². The van der Waals surface area contributed by atoms with E-state index in [1.54, 1.807) is 24.3 Å². The van der Waals surface area contributed by atoms with E-state index in [0.29, 0.717) is 11.3 Å².